The fourth-order valence-electron chi connectivity index (χ4n) is 8.55. The van der Waals surface area contributed by atoms with Gasteiger partial charge in [0.05, 0.1) is 51.3 Å². The Labute approximate surface area is 386 Å². The van der Waals surface area contributed by atoms with Crippen molar-refractivity contribution in [1.82, 2.24) is 26.8 Å². The van der Waals surface area contributed by atoms with E-state index in [1.165, 1.54) is 5.57 Å². The molecule has 1 saturated carbocycles. The Morgan fingerprint density at radius 3 is 2.28 bits per heavy atom. The second-order valence-corrected chi connectivity index (χ2v) is 19.1. The second-order valence-electron chi connectivity index (χ2n) is 19.1. The largest absolute Gasteiger partial charge is 0.460 e. The van der Waals surface area contributed by atoms with Gasteiger partial charge in [-0.3, -0.25) is 24.0 Å². The summed E-state index contributed by atoms with van der Waals surface area (Å²) in [6.07, 6.45) is 8.09. The minimum atomic E-state index is -0.754. The molecule has 0 aromatic heterocycles. The van der Waals surface area contributed by atoms with E-state index in [9.17, 15) is 28.8 Å². The Kier molecular flexibility index (Phi) is 21.5. The molecule has 2 heterocycles. The summed E-state index contributed by atoms with van der Waals surface area (Å²) in [6, 6.07) is 8.64. The molecule has 3 aliphatic rings. The number of ether oxygens (including phenoxy) is 5. The number of alkyl carbamates (subject to hydrolysis) is 1. The van der Waals surface area contributed by atoms with Crippen LogP contribution in [-0.2, 0) is 54.1 Å². The predicted octanol–water partition coefficient (Wildman–Crippen LogP) is 5.07. The van der Waals surface area contributed by atoms with Crippen LogP contribution in [0, 0.1) is 23.7 Å². The van der Waals surface area contributed by atoms with E-state index >= 15 is 0 Å². The van der Waals surface area contributed by atoms with E-state index in [-0.39, 0.29) is 91.7 Å². The Morgan fingerprint density at radius 2 is 1.62 bits per heavy atom. The fraction of sp³-hybridized carbons (Fsp3) is 0.714. The van der Waals surface area contributed by atoms with E-state index in [1.54, 1.807) is 21.0 Å². The van der Waals surface area contributed by atoms with Gasteiger partial charge < -0.3 is 39.6 Å². The van der Waals surface area contributed by atoms with Gasteiger partial charge in [-0.1, -0.05) is 88.9 Å². The highest BCUT2D eigenvalue weighted by Crippen LogP contribution is 2.59. The highest BCUT2D eigenvalue weighted by Gasteiger charge is 2.72. The molecule has 0 radical (unpaired) electrons. The number of esters is 1. The molecule has 3 fully saturated rings. The zero-order valence-electron chi connectivity index (χ0n) is 40.1. The topological polar surface area (TPSA) is 215 Å². The van der Waals surface area contributed by atoms with E-state index in [2.05, 4.69) is 53.6 Å². The van der Waals surface area contributed by atoms with Crippen LogP contribution in [0.2, 0.25) is 0 Å². The average molecular weight is 912 g/mol. The first kappa shape index (κ1) is 53.4. The van der Waals surface area contributed by atoms with Crippen molar-refractivity contribution in [3.8, 4) is 0 Å². The fourth-order valence-corrected chi connectivity index (χ4v) is 8.55. The number of nitrogens with one attached hydrogen (secondary N) is 5. The first-order chi connectivity index (χ1) is 31.0. The van der Waals surface area contributed by atoms with Crippen molar-refractivity contribution >= 4 is 35.4 Å². The standard InChI is InChI=1S/C49H77N5O11/c1-32(2)20-21-41-48(7,65-41)45-44(61-8)40(22-23-49(45)31-63-49)64-43(58)26-36(33(3)4)30-62-47(60)50-24-16-11-9-10-15-19-37(55)27-53-54-38(25-35-17-13-12-14-18-35)46(59)52-29-42(57)51-28-39(56)34(5)6/h12-14,17-18,20,33-34,36,38,40-41,44-45,53-54H,9-11,15-16,19,21-31H2,1-8H3,(H,50,60)(H,51,57)(H,52,59)/t36-,38-,40?,41+,44?,45?,48?,49-/m0/s1. The first-order valence-electron chi connectivity index (χ1n) is 23.7. The summed E-state index contributed by atoms with van der Waals surface area (Å²) in [4.78, 5) is 75.5. The number of methoxy groups -OCH3 is 1. The van der Waals surface area contributed by atoms with Crippen molar-refractivity contribution in [1.29, 1.82) is 0 Å². The van der Waals surface area contributed by atoms with Crippen LogP contribution in [0.25, 0.3) is 0 Å². The summed E-state index contributed by atoms with van der Waals surface area (Å²) in [6.45, 7) is 14.6. The molecule has 3 amide bonds. The van der Waals surface area contributed by atoms with Gasteiger partial charge in [0.2, 0.25) is 11.8 Å². The van der Waals surface area contributed by atoms with Gasteiger partial charge in [0.25, 0.3) is 0 Å². The van der Waals surface area contributed by atoms with Crippen LogP contribution in [0.4, 0.5) is 4.79 Å². The zero-order chi connectivity index (χ0) is 47.6. The van der Waals surface area contributed by atoms with Crippen LogP contribution in [0.15, 0.2) is 42.0 Å². The van der Waals surface area contributed by atoms with Gasteiger partial charge in [-0.2, -0.15) is 0 Å². The van der Waals surface area contributed by atoms with Crippen molar-refractivity contribution in [2.75, 3.05) is 46.5 Å². The maximum atomic E-state index is 13.3. The van der Waals surface area contributed by atoms with Gasteiger partial charge in [0.15, 0.2) is 5.78 Å². The van der Waals surface area contributed by atoms with E-state index in [0.717, 1.165) is 44.1 Å². The molecular weight excluding hydrogens is 835 g/mol. The Hall–Kier alpha value is -4.22. The summed E-state index contributed by atoms with van der Waals surface area (Å²) in [7, 11) is 1.66. The summed E-state index contributed by atoms with van der Waals surface area (Å²) in [5, 5.41) is 7.93. The number of epoxide rings is 2. The molecule has 1 spiro atoms. The number of carbonyl (C=O) groups excluding carboxylic acids is 6. The number of rotatable bonds is 30. The van der Waals surface area contributed by atoms with E-state index < -0.39 is 35.7 Å². The third-order valence-corrected chi connectivity index (χ3v) is 12.9. The Balaban J connectivity index is 1.07. The molecule has 2 saturated heterocycles. The van der Waals surface area contributed by atoms with Gasteiger partial charge >= 0.3 is 12.1 Å². The summed E-state index contributed by atoms with van der Waals surface area (Å²) < 4.78 is 30.0. The van der Waals surface area contributed by atoms with E-state index in [4.69, 9.17) is 23.7 Å². The van der Waals surface area contributed by atoms with Gasteiger partial charge in [0.1, 0.15) is 35.2 Å². The molecule has 65 heavy (non-hydrogen) atoms. The minimum Gasteiger partial charge on any atom is -0.460 e. The maximum absolute atomic E-state index is 13.3. The monoisotopic (exact) mass is 912 g/mol. The number of amides is 3. The minimum absolute atomic E-state index is 0.00614. The van der Waals surface area contributed by atoms with Crippen LogP contribution >= 0.6 is 0 Å². The second kappa shape index (κ2) is 26.2. The van der Waals surface area contributed by atoms with Crippen molar-refractivity contribution in [3.63, 3.8) is 0 Å². The molecule has 8 atom stereocenters. The number of allylic oxidation sites excluding steroid dienone is 1. The quantitative estimate of drug-likeness (QED) is 0.0225. The summed E-state index contributed by atoms with van der Waals surface area (Å²) in [5.74, 6) is -1.73. The van der Waals surface area contributed by atoms with E-state index in [0.29, 0.717) is 38.8 Å². The highest BCUT2D eigenvalue weighted by molar-refractivity contribution is 5.90. The number of hydrazine groups is 1. The number of hydrogen-bond donors (Lipinski definition) is 5. The van der Waals surface area contributed by atoms with Crippen LogP contribution < -0.4 is 26.8 Å². The van der Waals surface area contributed by atoms with Crippen LogP contribution in [0.3, 0.4) is 0 Å². The van der Waals surface area contributed by atoms with Crippen LogP contribution in [0.5, 0.6) is 0 Å². The lowest BCUT2D eigenvalue weighted by Crippen LogP contribution is -2.55. The lowest BCUT2D eigenvalue weighted by Gasteiger charge is -2.42. The van der Waals surface area contributed by atoms with Crippen molar-refractivity contribution < 1.29 is 52.5 Å². The number of Topliss-reactive ketones (excluding diaryl/α,β-unsaturated/α-hetero) is 2. The highest BCUT2D eigenvalue weighted by atomic mass is 16.6. The lowest BCUT2D eigenvalue weighted by molar-refractivity contribution is -0.173. The Morgan fingerprint density at radius 1 is 0.908 bits per heavy atom. The third kappa shape index (κ3) is 17.5. The summed E-state index contributed by atoms with van der Waals surface area (Å²) in [5.41, 5.74) is 7.24. The van der Waals surface area contributed by atoms with Crippen LogP contribution in [-0.4, -0.2) is 118 Å². The smallest absolute Gasteiger partial charge is 0.407 e. The molecule has 16 nitrogen and oxygen atoms in total. The van der Waals surface area contributed by atoms with Crippen molar-refractivity contribution in [3.05, 3.63) is 47.5 Å². The molecule has 364 valence electrons. The predicted molar refractivity (Wildman–Crippen MR) is 245 cm³/mol. The molecule has 1 aromatic carbocycles. The van der Waals surface area contributed by atoms with Crippen molar-refractivity contribution in [2.45, 2.75) is 155 Å². The molecule has 16 heteroatoms. The van der Waals surface area contributed by atoms with Gasteiger partial charge in [-0.15, -0.1) is 0 Å². The van der Waals surface area contributed by atoms with Gasteiger partial charge in [-0.05, 0) is 70.8 Å². The average Bonchev–Trinajstić information content (AvgIpc) is 4.19. The number of hydrogen-bond acceptors (Lipinski definition) is 13. The molecule has 5 N–H and O–H groups in total. The summed E-state index contributed by atoms with van der Waals surface area (Å²) >= 11 is 0. The molecule has 2 aliphatic heterocycles. The van der Waals surface area contributed by atoms with Gasteiger partial charge in [0, 0.05) is 31.9 Å². The molecule has 0 bridgehead atoms. The normalized spacial score (nSPS) is 24.2. The molecule has 4 rings (SSSR count). The SMILES string of the molecule is COC1C(OC(=O)C[C@@H](COC(=O)NCCCCCCCC(=O)CNN[C@@H](Cc2ccccc2)C(=O)NCC(=O)NCC(=O)C(C)C)C(C)C)CC[C@]2(CO2)C1C1(C)O[C@@H]1CC=C(C)C. The van der Waals surface area contributed by atoms with Crippen molar-refractivity contribution in [2.24, 2.45) is 23.7 Å². The molecule has 4 unspecified atom stereocenters. The zero-order valence-corrected chi connectivity index (χ0v) is 40.1. The molecule has 1 aliphatic carbocycles. The maximum Gasteiger partial charge on any atom is 0.407 e. The third-order valence-electron chi connectivity index (χ3n) is 12.9. The number of unbranched alkanes of at least 4 members (excludes halogenated alkanes) is 4. The first-order valence-corrected chi connectivity index (χ1v) is 23.7. The van der Waals surface area contributed by atoms with Crippen LogP contribution in [0.1, 0.15) is 118 Å². The molecular formula is C49H77N5O11. The number of ketones is 2. The Bertz CT molecular complexity index is 1750. The number of carbonyl (C=O) groups is 6. The number of benzene rings is 1. The molecule has 1 aromatic rings. The van der Waals surface area contributed by atoms with E-state index in [1.807, 2.05) is 44.2 Å². The lowest BCUT2D eigenvalue weighted by atomic mass is 9.68. The van der Waals surface area contributed by atoms with Gasteiger partial charge in [-0.25, -0.2) is 15.6 Å².